The fourth-order valence-corrected chi connectivity index (χ4v) is 1.97. The Morgan fingerprint density at radius 1 is 1.12 bits per heavy atom. The van der Waals surface area contributed by atoms with E-state index in [-0.39, 0.29) is 0 Å². The fourth-order valence-electron chi connectivity index (χ4n) is 1.12. The number of benzene rings is 1. The normalized spacial score (nSPS) is 10.4. The van der Waals surface area contributed by atoms with Gasteiger partial charge in [-0.15, -0.1) is 0 Å². The van der Waals surface area contributed by atoms with Gasteiger partial charge in [-0.2, -0.15) is 0 Å². The molecule has 0 amide bonds. The monoisotopic (exact) mass is 251 g/mol. The summed E-state index contributed by atoms with van der Waals surface area (Å²) in [6, 6.07) is 7.61. The number of hydrogen-bond donors (Lipinski definition) is 1. The summed E-state index contributed by atoms with van der Waals surface area (Å²) < 4.78 is 0. The van der Waals surface area contributed by atoms with Gasteiger partial charge in [0, 0.05) is 16.5 Å². The van der Waals surface area contributed by atoms with E-state index in [9.17, 15) is 0 Å². The van der Waals surface area contributed by atoms with Crippen LogP contribution >= 0.6 is 23.4 Å². The summed E-state index contributed by atoms with van der Waals surface area (Å²) in [5.41, 5.74) is 6.24. The summed E-state index contributed by atoms with van der Waals surface area (Å²) >= 11 is 7.35. The average molecular weight is 252 g/mol. The Morgan fingerprint density at radius 3 is 2.44 bits per heavy atom. The van der Waals surface area contributed by atoms with Crippen LogP contribution in [0.2, 0.25) is 5.02 Å². The number of hydrogen-bond acceptors (Lipinski definition) is 4. The second-order valence-electron chi connectivity index (χ2n) is 3.11. The zero-order chi connectivity index (χ0) is 11.4. The summed E-state index contributed by atoms with van der Waals surface area (Å²) in [6.45, 7) is 0.416. The van der Waals surface area contributed by atoms with E-state index >= 15 is 0 Å². The first-order valence-electron chi connectivity index (χ1n) is 4.72. The van der Waals surface area contributed by atoms with Gasteiger partial charge in [0.15, 0.2) is 0 Å². The van der Waals surface area contributed by atoms with Gasteiger partial charge in [0.2, 0.25) is 0 Å². The molecule has 0 unspecified atom stereocenters. The van der Waals surface area contributed by atoms with Crippen LogP contribution in [0, 0.1) is 0 Å². The molecule has 0 spiro atoms. The second-order valence-corrected chi connectivity index (χ2v) is 4.64. The molecule has 82 valence electrons. The van der Waals surface area contributed by atoms with E-state index in [0.29, 0.717) is 6.54 Å². The van der Waals surface area contributed by atoms with Crippen LogP contribution in [0.3, 0.4) is 0 Å². The Kier molecular flexibility index (Phi) is 3.77. The van der Waals surface area contributed by atoms with E-state index in [2.05, 4.69) is 9.97 Å². The molecule has 3 nitrogen and oxygen atoms in total. The van der Waals surface area contributed by atoms with E-state index in [0.717, 1.165) is 20.6 Å². The quantitative estimate of drug-likeness (QED) is 0.911. The van der Waals surface area contributed by atoms with Gasteiger partial charge in [-0.1, -0.05) is 23.4 Å². The van der Waals surface area contributed by atoms with Crippen molar-refractivity contribution in [1.29, 1.82) is 0 Å². The van der Waals surface area contributed by atoms with Crippen LogP contribution in [0.25, 0.3) is 0 Å². The molecule has 16 heavy (non-hydrogen) atoms. The maximum absolute atomic E-state index is 5.80. The van der Waals surface area contributed by atoms with Crippen LogP contribution in [0.15, 0.2) is 46.6 Å². The maximum atomic E-state index is 5.80. The number of aromatic nitrogens is 2. The smallest absolute Gasteiger partial charge is 0.119 e. The zero-order valence-electron chi connectivity index (χ0n) is 8.43. The third-order valence-corrected chi connectivity index (χ3v) is 3.11. The molecule has 0 saturated heterocycles. The molecule has 0 saturated carbocycles. The Bertz CT molecular complexity index is 456. The predicted octanol–water partition coefficient (Wildman–Crippen LogP) is 2.74. The minimum Gasteiger partial charge on any atom is -0.325 e. The molecule has 2 rings (SSSR count). The van der Waals surface area contributed by atoms with Crippen LogP contribution in [0.4, 0.5) is 0 Å². The lowest BCUT2D eigenvalue weighted by Gasteiger charge is -2.01. The Labute approximate surface area is 103 Å². The van der Waals surface area contributed by atoms with E-state index in [4.69, 9.17) is 17.3 Å². The molecular formula is C11H10ClN3S. The first-order valence-corrected chi connectivity index (χ1v) is 5.92. The van der Waals surface area contributed by atoms with Crippen molar-refractivity contribution in [2.75, 3.05) is 0 Å². The van der Waals surface area contributed by atoms with Crippen LogP contribution in [0.1, 0.15) is 5.69 Å². The molecule has 0 aliphatic rings. The van der Waals surface area contributed by atoms with Crippen molar-refractivity contribution in [3.8, 4) is 0 Å². The van der Waals surface area contributed by atoms with Gasteiger partial charge in [0.05, 0.1) is 18.1 Å². The van der Waals surface area contributed by atoms with Crippen molar-refractivity contribution in [3.05, 3.63) is 47.4 Å². The van der Waals surface area contributed by atoms with Crippen LogP contribution in [-0.4, -0.2) is 9.97 Å². The highest BCUT2D eigenvalue weighted by molar-refractivity contribution is 7.99. The molecule has 0 aliphatic carbocycles. The SMILES string of the molecule is NCc1cnc(Sc2ccc(Cl)cc2)cn1. The minimum absolute atomic E-state index is 0.416. The molecule has 0 atom stereocenters. The third-order valence-electron chi connectivity index (χ3n) is 1.93. The van der Waals surface area contributed by atoms with Crippen LogP contribution in [0.5, 0.6) is 0 Å². The lowest BCUT2D eigenvalue weighted by molar-refractivity contribution is 0.923. The molecule has 0 fully saturated rings. The number of halogens is 1. The molecular weight excluding hydrogens is 242 g/mol. The molecule has 2 aromatic rings. The van der Waals surface area contributed by atoms with Gasteiger partial charge in [-0.3, -0.25) is 4.98 Å². The van der Waals surface area contributed by atoms with Crippen molar-refractivity contribution in [1.82, 2.24) is 9.97 Å². The molecule has 1 aromatic heterocycles. The van der Waals surface area contributed by atoms with Crippen molar-refractivity contribution in [3.63, 3.8) is 0 Å². The van der Waals surface area contributed by atoms with E-state index in [1.54, 1.807) is 24.2 Å². The summed E-state index contributed by atoms with van der Waals surface area (Å²) in [4.78, 5) is 9.51. The molecule has 1 heterocycles. The second kappa shape index (κ2) is 5.30. The first kappa shape index (κ1) is 11.4. The van der Waals surface area contributed by atoms with Gasteiger partial charge in [0.1, 0.15) is 5.03 Å². The highest BCUT2D eigenvalue weighted by Crippen LogP contribution is 2.26. The molecule has 2 N–H and O–H groups in total. The summed E-state index contributed by atoms with van der Waals surface area (Å²) in [6.07, 6.45) is 3.42. The topological polar surface area (TPSA) is 51.8 Å². The Balaban J connectivity index is 2.11. The number of nitrogens with zero attached hydrogens (tertiary/aromatic N) is 2. The Morgan fingerprint density at radius 2 is 1.88 bits per heavy atom. The van der Waals surface area contributed by atoms with Crippen molar-refractivity contribution < 1.29 is 0 Å². The minimum atomic E-state index is 0.416. The van der Waals surface area contributed by atoms with E-state index in [1.165, 1.54) is 0 Å². The maximum Gasteiger partial charge on any atom is 0.119 e. The van der Waals surface area contributed by atoms with Crippen molar-refractivity contribution in [2.24, 2.45) is 5.73 Å². The fraction of sp³-hybridized carbons (Fsp3) is 0.0909. The first-order chi connectivity index (χ1) is 7.78. The number of nitrogens with two attached hydrogens (primary N) is 1. The molecule has 1 aromatic carbocycles. The van der Waals surface area contributed by atoms with E-state index < -0.39 is 0 Å². The molecule has 0 bridgehead atoms. The van der Waals surface area contributed by atoms with Crippen molar-refractivity contribution in [2.45, 2.75) is 16.5 Å². The summed E-state index contributed by atoms with van der Waals surface area (Å²) in [5.74, 6) is 0. The zero-order valence-corrected chi connectivity index (χ0v) is 10.0. The van der Waals surface area contributed by atoms with Crippen LogP contribution in [-0.2, 0) is 6.54 Å². The highest BCUT2D eigenvalue weighted by Gasteiger charge is 1.99. The lowest BCUT2D eigenvalue weighted by Crippen LogP contribution is -1.99. The highest BCUT2D eigenvalue weighted by atomic mass is 35.5. The van der Waals surface area contributed by atoms with Crippen LogP contribution < -0.4 is 5.73 Å². The summed E-state index contributed by atoms with van der Waals surface area (Å²) in [5, 5.41) is 1.58. The number of rotatable bonds is 3. The lowest BCUT2D eigenvalue weighted by atomic mass is 10.4. The standard InChI is InChI=1S/C11H10ClN3S/c12-8-1-3-10(4-2-8)16-11-7-14-9(5-13)6-15-11/h1-4,6-7H,5,13H2. The van der Waals surface area contributed by atoms with Gasteiger partial charge >= 0.3 is 0 Å². The molecule has 0 aliphatic heterocycles. The van der Waals surface area contributed by atoms with Crippen molar-refractivity contribution >= 4 is 23.4 Å². The summed E-state index contributed by atoms with van der Waals surface area (Å²) in [7, 11) is 0. The van der Waals surface area contributed by atoms with Gasteiger partial charge in [0.25, 0.3) is 0 Å². The average Bonchev–Trinajstić information content (AvgIpc) is 2.33. The Hall–Kier alpha value is -1.10. The largest absolute Gasteiger partial charge is 0.325 e. The molecule has 5 heteroatoms. The molecule has 0 radical (unpaired) electrons. The van der Waals surface area contributed by atoms with Gasteiger partial charge < -0.3 is 5.73 Å². The third kappa shape index (κ3) is 2.95. The van der Waals surface area contributed by atoms with Gasteiger partial charge in [-0.25, -0.2) is 4.98 Å². The predicted molar refractivity (Wildman–Crippen MR) is 65.5 cm³/mol. The van der Waals surface area contributed by atoms with Gasteiger partial charge in [-0.05, 0) is 24.3 Å². The van der Waals surface area contributed by atoms with E-state index in [1.807, 2.05) is 24.3 Å².